The Morgan fingerprint density at radius 3 is 2.23 bits per heavy atom. The maximum absolute atomic E-state index is 6.00. The Morgan fingerprint density at radius 1 is 0.923 bits per heavy atom. The van der Waals surface area contributed by atoms with Crippen molar-refractivity contribution in [3.63, 3.8) is 0 Å². The smallest absolute Gasteiger partial charge is 0.161 e. The van der Waals surface area contributed by atoms with Crippen LogP contribution in [0.5, 0.6) is 0 Å². The molecule has 1 fully saturated rings. The van der Waals surface area contributed by atoms with Gasteiger partial charge in [-0.2, -0.15) is 9.78 Å². The van der Waals surface area contributed by atoms with Gasteiger partial charge in [-0.25, -0.2) is 15.0 Å². The molecule has 1 aliphatic heterocycles. The molecule has 26 heavy (non-hydrogen) atoms. The van der Waals surface area contributed by atoms with E-state index in [2.05, 4.69) is 29.9 Å². The zero-order valence-corrected chi connectivity index (χ0v) is 15.1. The van der Waals surface area contributed by atoms with Crippen molar-refractivity contribution >= 4 is 29.1 Å². The molecule has 0 saturated carbocycles. The van der Waals surface area contributed by atoms with Gasteiger partial charge in [0.05, 0.1) is 10.7 Å². The molecule has 3 aromatic heterocycles. The van der Waals surface area contributed by atoms with Crippen LogP contribution < -0.4 is 15.5 Å². The van der Waals surface area contributed by atoms with Crippen molar-refractivity contribution in [1.29, 1.82) is 0 Å². The van der Waals surface area contributed by atoms with Gasteiger partial charge in [-0.15, -0.1) is 0 Å². The van der Waals surface area contributed by atoms with Gasteiger partial charge in [0, 0.05) is 44.5 Å². The Hall–Kier alpha value is -2.87. The molecule has 9 heteroatoms. The molecule has 1 saturated heterocycles. The van der Waals surface area contributed by atoms with Gasteiger partial charge < -0.3 is 15.5 Å². The third-order valence-corrected chi connectivity index (χ3v) is 4.58. The maximum Gasteiger partial charge on any atom is 0.161 e. The van der Waals surface area contributed by atoms with E-state index in [-0.39, 0.29) is 0 Å². The number of nitrogen functional groups attached to an aromatic ring is 1. The van der Waals surface area contributed by atoms with Crippen LogP contribution in [0.2, 0.25) is 5.02 Å². The van der Waals surface area contributed by atoms with Crippen LogP contribution in [0, 0.1) is 6.92 Å². The molecule has 4 heterocycles. The second-order valence-corrected chi connectivity index (χ2v) is 6.60. The Balaban J connectivity index is 1.48. The SMILES string of the molecule is Cc1cc(N)n(-c2cc(N3CCN(c4ccc(Cl)cn4)CC3)ncn2)n1. The van der Waals surface area contributed by atoms with Crippen molar-refractivity contribution in [3.8, 4) is 5.82 Å². The summed E-state index contributed by atoms with van der Waals surface area (Å²) < 4.78 is 1.63. The fourth-order valence-corrected chi connectivity index (χ4v) is 3.16. The molecule has 134 valence electrons. The van der Waals surface area contributed by atoms with E-state index in [1.54, 1.807) is 17.2 Å². The van der Waals surface area contributed by atoms with E-state index in [1.165, 1.54) is 0 Å². The Labute approximate surface area is 156 Å². The van der Waals surface area contributed by atoms with Crippen LogP contribution in [0.4, 0.5) is 17.5 Å². The van der Waals surface area contributed by atoms with E-state index in [0.717, 1.165) is 43.5 Å². The number of hydrogen-bond acceptors (Lipinski definition) is 7. The first-order chi connectivity index (χ1) is 12.6. The molecule has 4 rings (SSSR count). The summed E-state index contributed by atoms with van der Waals surface area (Å²) in [6.07, 6.45) is 3.23. The summed E-state index contributed by atoms with van der Waals surface area (Å²) in [7, 11) is 0. The standard InChI is InChI=1S/C17H19ClN8/c1-12-8-14(19)26(23-12)17-9-16(21-11-22-17)25-6-4-24(5-7-25)15-3-2-13(18)10-20-15/h2-3,8-11H,4-7,19H2,1H3. The lowest BCUT2D eigenvalue weighted by atomic mass is 10.3. The van der Waals surface area contributed by atoms with Crippen molar-refractivity contribution in [2.75, 3.05) is 41.7 Å². The van der Waals surface area contributed by atoms with Crippen molar-refractivity contribution in [2.24, 2.45) is 0 Å². The number of pyridine rings is 1. The number of aryl methyl sites for hydroxylation is 1. The van der Waals surface area contributed by atoms with E-state index in [9.17, 15) is 0 Å². The lowest BCUT2D eigenvalue weighted by Gasteiger charge is -2.36. The van der Waals surface area contributed by atoms with Crippen LogP contribution in [0.3, 0.4) is 0 Å². The topological polar surface area (TPSA) is 89.0 Å². The predicted molar refractivity (Wildman–Crippen MR) is 102 cm³/mol. The van der Waals surface area contributed by atoms with Gasteiger partial charge in [0.15, 0.2) is 5.82 Å². The largest absolute Gasteiger partial charge is 0.384 e. The Bertz CT molecular complexity index is 899. The average Bonchev–Trinajstić information content (AvgIpc) is 3.01. The van der Waals surface area contributed by atoms with E-state index in [0.29, 0.717) is 16.7 Å². The molecule has 0 unspecified atom stereocenters. The highest BCUT2D eigenvalue weighted by atomic mass is 35.5. The summed E-state index contributed by atoms with van der Waals surface area (Å²) in [4.78, 5) is 17.6. The summed E-state index contributed by atoms with van der Waals surface area (Å²) in [5.41, 5.74) is 6.85. The summed E-state index contributed by atoms with van der Waals surface area (Å²) in [6.45, 7) is 5.30. The minimum atomic E-state index is 0.561. The lowest BCUT2D eigenvalue weighted by Crippen LogP contribution is -2.47. The highest BCUT2D eigenvalue weighted by molar-refractivity contribution is 6.30. The van der Waals surface area contributed by atoms with Crippen LogP contribution in [0.25, 0.3) is 5.82 Å². The number of nitrogens with two attached hydrogens (primary N) is 1. The second kappa shape index (κ2) is 6.80. The number of rotatable bonds is 3. The second-order valence-electron chi connectivity index (χ2n) is 6.17. The van der Waals surface area contributed by atoms with E-state index in [1.807, 2.05) is 31.2 Å². The molecular formula is C17H19ClN8. The van der Waals surface area contributed by atoms with Crippen molar-refractivity contribution in [1.82, 2.24) is 24.7 Å². The van der Waals surface area contributed by atoms with Crippen molar-refractivity contribution in [2.45, 2.75) is 6.92 Å². The predicted octanol–water partition coefficient (Wildman–Crippen LogP) is 1.93. The first-order valence-corrected chi connectivity index (χ1v) is 8.74. The van der Waals surface area contributed by atoms with Crippen LogP contribution in [0.15, 0.2) is 36.8 Å². The van der Waals surface area contributed by atoms with E-state index >= 15 is 0 Å². The fraction of sp³-hybridized carbons (Fsp3) is 0.294. The van der Waals surface area contributed by atoms with Gasteiger partial charge in [0.2, 0.25) is 0 Å². The number of aromatic nitrogens is 5. The zero-order valence-electron chi connectivity index (χ0n) is 14.4. The third kappa shape index (κ3) is 3.28. The molecular weight excluding hydrogens is 352 g/mol. The van der Waals surface area contributed by atoms with Gasteiger partial charge in [-0.05, 0) is 19.1 Å². The highest BCUT2D eigenvalue weighted by Crippen LogP contribution is 2.21. The van der Waals surface area contributed by atoms with Crippen LogP contribution >= 0.6 is 11.6 Å². The molecule has 0 aromatic carbocycles. The number of halogens is 1. The average molecular weight is 371 g/mol. The molecule has 0 spiro atoms. The number of anilines is 3. The quantitative estimate of drug-likeness (QED) is 0.753. The normalized spacial score (nSPS) is 14.7. The number of nitrogens with zero attached hydrogens (tertiary/aromatic N) is 7. The van der Waals surface area contributed by atoms with E-state index in [4.69, 9.17) is 17.3 Å². The van der Waals surface area contributed by atoms with Gasteiger partial charge in [-0.3, -0.25) is 0 Å². The fourth-order valence-electron chi connectivity index (χ4n) is 3.05. The summed E-state index contributed by atoms with van der Waals surface area (Å²) >= 11 is 5.91. The van der Waals surface area contributed by atoms with Gasteiger partial charge in [-0.1, -0.05) is 11.6 Å². The molecule has 0 aliphatic carbocycles. The summed E-state index contributed by atoms with van der Waals surface area (Å²) in [5, 5.41) is 5.03. The highest BCUT2D eigenvalue weighted by Gasteiger charge is 2.20. The molecule has 0 radical (unpaired) electrons. The Morgan fingerprint density at radius 2 is 1.62 bits per heavy atom. The number of hydrogen-bond donors (Lipinski definition) is 1. The molecule has 0 bridgehead atoms. The molecule has 0 atom stereocenters. The minimum Gasteiger partial charge on any atom is -0.384 e. The van der Waals surface area contributed by atoms with Crippen LogP contribution in [0.1, 0.15) is 5.69 Å². The van der Waals surface area contributed by atoms with Crippen LogP contribution in [-0.2, 0) is 0 Å². The third-order valence-electron chi connectivity index (χ3n) is 4.35. The maximum atomic E-state index is 6.00. The van der Waals surface area contributed by atoms with Crippen LogP contribution in [-0.4, -0.2) is 50.9 Å². The number of piperazine rings is 1. The summed E-state index contributed by atoms with van der Waals surface area (Å²) in [5.74, 6) is 3.04. The zero-order chi connectivity index (χ0) is 18.1. The minimum absolute atomic E-state index is 0.561. The first kappa shape index (κ1) is 16.6. The van der Waals surface area contributed by atoms with Crippen molar-refractivity contribution < 1.29 is 0 Å². The first-order valence-electron chi connectivity index (χ1n) is 8.36. The Kier molecular flexibility index (Phi) is 4.34. The van der Waals surface area contributed by atoms with Gasteiger partial charge in [0.25, 0.3) is 0 Å². The van der Waals surface area contributed by atoms with Crippen molar-refractivity contribution in [3.05, 3.63) is 47.5 Å². The molecule has 3 aromatic rings. The van der Waals surface area contributed by atoms with Gasteiger partial charge in [0.1, 0.15) is 23.8 Å². The molecule has 0 amide bonds. The summed E-state index contributed by atoms with van der Waals surface area (Å²) in [6, 6.07) is 7.55. The molecule has 8 nitrogen and oxygen atoms in total. The van der Waals surface area contributed by atoms with Gasteiger partial charge >= 0.3 is 0 Å². The monoisotopic (exact) mass is 370 g/mol. The lowest BCUT2D eigenvalue weighted by molar-refractivity contribution is 0.640. The molecule has 2 N–H and O–H groups in total. The molecule has 1 aliphatic rings. The van der Waals surface area contributed by atoms with E-state index < -0.39 is 0 Å².